The van der Waals surface area contributed by atoms with Crippen LogP contribution in [0.2, 0.25) is 0 Å². The van der Waals surface area contributed by atoms with E-state index in [-0.39, 0.29) is 5.69 Å². The van der Waals surface area contributed by atoms with Crippen molar-refractivity contribution >= 4 is 5.69 Å². The fourth-order valence-electron chi connectivity index (χ4n) is 2.15. The molecule has 0 saturated heterocycles. The highest BCUT2D eigenvalue weighted by Gasteiger charge is 2.16. The lowest BCUT2D eigenvalue weighted by molar-refractivity contribution is 0.633. The van der Waals surface area contributed by atoms with E-state index in [1.54, 1.807) is 12.1 Å². The third kappa shape index (κ3) is 1.93. The molecule has 2 N–H and O–H groups in total. The predicted molar refractivity (Wildman–Crippen MR) is 75.9 cm³/mol. The van der Waals surface area contributed by atoms with Gasteiger partial charge in [0.25, 0.3) is 0 Å². The second-order valence-corrected chi connectivity index (χ2v) is 4.44. The summed E-state index contributed by atoms with van der Waals surface area (Å²) in [5.41, 5.74) is 7.34. The zero-order valence-corrected chi connectivity index (χ0v) is 10.9. The molecule has 0 aliphatic heterocycles. The third-order valence-corrected chi connectivity index (χ3v) is 3.13. The number of aromatic nitrogens is 3. The highest BCUT2D eigenvalue weighted by atomic mass is 19.1. The average Bonchev–Trinajstić information content (AvgIpc) is 2.84. The SMILES string of the molecule is Cc1nnc(-c2cccc(F)c2N)n1-c1ccccc1. The van der Waals surface area contributed by atoms with Crippen LogP contribution < -0.4 is 5.73 Å². The normalized spacial score (nSPS) is 10.7. The summed E-state index contributed by atoms with van der Waals surface area (Å²) in [4.78, 5) is 0. The first-order valence-corrected chi connectivity index (χ1v) is 6.20. The first kappa shape index (κ1) is 12.3. The van der Waals surface area contributed by atoms with Gasteiger partial charge in [-0.3, -0.25) is 4.57 Å². The highest BCUT2D eigenvalue weighted by Crippen LogP contribution is 2.28. The second-order valence-electron chi connectivity index (χ2n) is 4.44. The van der Waals surface area contributed by atoms with Gasteiger partial charge in [0.1, 0.15) is 11.6 Å². The molecule has 0 radical (unpaired) electrons. The molecule has 1 heterocycles. The minimum Gasteiger partial charge on any atom is -0.396 e. The molecule has 0 amide bonds. The number of hydrogen-bond acceptors (Lipinski definition) is 3. The predicted octanol–water partition coefficient (Wildman–Crippen LogP) is 2.96. The quantitative estimate of drug-likeness (QED) is 0.727. The fourth-order valence-corrected chi connectivity index (χ4v) is 2.15. The number of aryl methyl sites for hydroxylation is 1. The van der Waals surface area contributed by atoms with Crippen LogP contribution in [0.15, 0.2) is 48.5 Å². The third-order valence-electron chi connectivity index (χ3n) is 3.13. The number of halogens is 1. The van der Waals surface area contributed by atoms with Crippen LogP contribution in [0.25, 0.3) is 17.1 Å². The maximum atomic E-state index is 13.6. The number of para-hydroxylation sites is 2. The van der Waals surface area contributed by atoms with Crippen molar-refractivity contribution in [3.63, 3.8) is 0 Å². The van der Waals surface area contributed by atoms with Gasteiger partial charge in [-0.1, -0.05) is 24.3 Å². The first-order valence-electron chi connectivity index (χ1n) is 6.20. The monoisotopic (exact) mass is 268 g/mol. The summed E-state index contributed by atoms with van der Waals surface area (Å²) in [6.45, 7) is 1.85. The van der Waals surface area contributed by atoms with Gasteiger partial charge in [0.2, 0.25) is 0 Å². The van der Waals surface area contributed by atoms with Crippen LogP contribution in [0.3, 0.4) is 0 Å². The Bertz CT molecular complexity index is 750. The van der Waals surface area contributed by atoms with Crippen LogP contribution in [0.1, 0.15) is 5.82 Å². The topological polar surface area (TPSA) is 56.7 Å². The van der Waals surface area contributed by atoms with Crippen LogP contribution in [0, 0.1) is 12.7 Å². The smallest absolute Gasteiger partial charge is 0.170 e. The average molecular weight is 268 g/mol. The molecule has 0 unspecified atom stereocenters. The number of nitrogens with two attached hydrogens (primary N) is 1. The van der Waals surface area contributed by atoms with E-state index in [2.05, 4.69) is 10.2 Å². The maximum absolute atomic E-state index is 13.6. The Morgan fingerprint density at radius 2 is 1.75 bits per heavy atom. The molecule has 0 saturated carbocycles. The van der Waals surface area contributed by atoms with Crippen molar-refractivity contribution in [2.45, 2.75) is 6.92 Å². The lowest BCUT2D eigenvalue weighted by Crippen LogP contribution is -2.02. The molecule has 0 aliphatic rings. The highest BCUT2D eigenvalue weighted by molar-refractivity contribution is 5.73. The van der Waals surface area contributed by atoms with Gasteiger partial charge in [0.15, 0.2) is 5.82 Å². The molecule has 3 rings (SSSR count). The molecule has 20 heavy (non-hydrogen) atoms. The summed E-state index contributed by atoms with van der Waals surface area (Å²) in [7, 11) is 0. The summed E-state index contributed by atoms with van der Waals surface area (Å²) in [5.74, 6) is 0.795. The number of rotatable bonds is 2. The van der Waals surface area contributed by atoms with Gasteiger partial charge in [-0.25, -0.2) is 4.39 Å². The minimum atomic E-state index is -0.456. The van der Waals surface area contributed by atoms with Crippen LogP contribution >= 0.6 is 0 Å². The Hall–Kier alpha value is -2.69. The van der Waals surface area contributed by atoms with Gasteiger partial charge in [-0.05, 0) is 31.2 Å². The van der Waals surface area contributed by atoms with Crippen molar-refractivity contribution in [2.75, 3.05) is 5.73 Å². The van der Waals surface area contributed by atoms with E-state index >= 15 is 0 Å². The zero-order chi connectivity index (χ0) is 14.1. The van der Waals surface area contributed by atoms with Crippen molar-refractivity contribution < 1.29 is 4.39 Å². The Morgan fingerprint density at radius 3 is 2.50 bits per heavy atom. The van der Waals surface area contributed by atoms with Crippen molar-refractivity contribution in [3.8, 4) is 17.1 Å². The second kappa shape index (κ2) is 4.77. The molecular weight excluding hydrogens is 255 g/mol. The lowest BCUT2D eigenvalue weighted by atomic mass is 10.1. The van der Waals surface area contributed by atoms with E-state index in [0.29, 0.717) is 11.4 Å². The number of benzene rings is 2. The van der Waals surface area contributed by atoms with Gasteiger partial charge in [0, 0.05) is 11.3 Å². The Kier molecular flexibility index (Phi) is 2.95. The first-order chi connectivity index (χ1) is 9.68. The van der Waals surface area contributed by atoms with Crippen molar-refractivity contribution in [1.82, 2.24) is 14.8 Å². The van der Waals surface area contributed by atoms with Gasteiger partial charge >= 0.3 is 0 Å². The summed E-state index contributed by atoms with van der Waals surface area (Å²) in [6.07, 6.45) is 0. The number of anilines is 1. The Labute approximate surface area is 115 Å². The van der Waals surface area contributed by atoms with E-state index in [9.17, 15) is 4.39 Å². The lowest BCUT2D eigenvalue weighted by Gasteiger charge is -2.10. The fraction of sp³-hybridized carbons (Fsp3) is 0.0667. The zero-order valence-electron chi connectivity index (χ0n) is 10.9. The van der Waals surface area contributed by atoms with Crippen LogP contribution in [0.4, 0.5) is 10.1 Å². The Morgan fingerprint density at radius 1 is 1.00 bits per heavy atom. The molecule has 0 atom stereocenters. The van der Waals surface area contributed by atoms with Crippen molar-refractivity contribution in [1.29, 1.82) is 0 Å². The summed E-state index contributed by atoms with van der Waals surface area (Å²) < 4.78 is 15.5. The van der Waals surface area contributed by atoms with Gasteiger partial charge < -0.3 is 5.73 Å². The summed E-state index contributed by atoms with van der Waals surface area (Å²) in [5, 5.41) is 8.21. The van der Waals surface area contributed by atoms with E-state index in [1.807, 2.05) is 41.8 Å². The maximum Gasteiger partial charge on any atom is 0.170 e. The molecule has 0 aliphatic carbocycles. The van der Waals surface area contributed by atoms with E-state index in [0.717, 1.165) is 11.5 Å². The molecule has 2 aromatic carbocycles. The van der Waals surface area contributed by atoms with Gasteiger partial charge in [-0.2, -0.15) is 0 Å². The molecule has 100 valence electrons. The summed E-state index contributed by atoms with van der Waals surface area (Å²) >= 11 is 0. The standard InChI is InChI=1S/C15H13FN4/c1-10-18-19-15(12-8-5-9-13(16)14(12)17)20(10)11-6-3-2-4-7-11/h2-9H,17H2,1H3. The summed E-state index contributed by atoms with van der Waals surface area (Å²) in [6, 6.07) is 14.3. The van der Waals surface area contributed by atoms with Crippen molar-refractivity contribution in [3.05, 3.63) is 60.2 Å². The van der Waals surface area contributed by atoms with Gasteiger partial charge in [0.05, 0.1) is 5.69 Å². The van der Waals surface area contributed by atoms with Crippen LogP contribution in [0.5, 0.6) is 0 Å². The van der Waals surface area contributed by atoms with E-state index in [1.165, 1.54) is 6.07 Å². The molecule has 0 spiro atoms. The number of nitrogens with zero attached hydrogens (tertiary/aromatic N) is 3. The molecule has 5 heteroatoms. The molecule has 3 aromatic rings. The molecular formula is C15H13FN4. The van der Waals surface area contributed by atoms with E-state index < -0.39 is 5.82 Å². The molecule has 0 bridgehead atoms. The molecule has 1 aromatic heterocycles. The largest absolute Gasteiger partial charge is 0.396 e. The van der Waals surface area contributed by atoms with Crippen LogP contribution in [-0.2, 0) is 0 Å². The van der Waals surface area contributed by atoms with Crippen LogP contribution in [-0.4, -0.2) is 14.8 Å². The number of nitrogen functional groups attached to an aromatic ring is 1. The minimum absolute atomic E-state index is 0.0806. The van der Waals surface area contributed by atoms with Crippen molar-refractivity contribution in [2.24, 2.45) is 0 Å². The Balaban J connectivity index is 2.24. The number of hydrogen-bond donors (Lipinski definition) is 1. The van der Waals surface area contributed by atoms with Gasteiger partial charge in [-0.15, -0.1) is 10.2 Å². The van der Waals surface area contributed by atoms with E-state index in [4.69, 9.17) is 5.73 Å². The molecule has 4 nitrogen and oxygen atoms in total. The molecule has 0 fully saturated rings.